The Hall–Kier alpha value is -2.14. The molecule has 0 fully saturated rings. The molecule has 0 radical (unpaired) electrons. The lowest BCUT2D eigenvalue weighted by molar-refractivity contribution is -0.125. The number of amides is 2. The van der Waals surface area contributed by atoms with Crippen molar-refractivity contribution >= 4 is 17.5 Å². The van der Waals surface area contributed by atoms with Crippen molar-refractivity contribution in [3.8, 4) is 0 Å². The normalized spacial score (nSPS) is 11.2. The molecule has 24 heavy (non-hydrogen) atoms. The fourth-order valence-electron chi connectivity index (χ4n) is 2.31. The summed E-state index contributed by atoms with van der Waals surface area (Å²) in [4.78, 5) is 28.3. The topological polar surface area (TPSA) is 52.7 Å². The van der Waals surface area contributed by atoms with Crippen LogP contribution in [0.4, 0.5) is 5.69 Å². The van der Waals surface area contributed by atoms with Gasteiger partial charge in [0.25, 0.3) is 0 Å². The zero-order valence-electron chi connectivity index (χ0n) is 15.2. The third-order valence-electron chi connectivity index (χ3n) is 3.37. The fourth-order valence-corrected chi connectivity index (χ4v) is 2.31. The van der Waals surface area contributed by atoms with Gasteiger partial charge in [-0.3, -0.25) is 14.5 Å². The van der Waals surface area contributed by atoms with E-state index in [4.69, 9.17) is 0 Å². The largest absolute Gasteiger partial charge is 0.350 e. The third-order valence-corrected chi connectivity index (χ3v) is 3.37. The van der Waals surface area contributed by atoms with E-state index in [2.05, 4.69) is 11.9 Å². The highest BCUT2D eigenvalue weighted by Gasteiger charge is 2.20. The van der Waals surface area contributed by atoms with E-state index < -0.39 is 0 Å². The quantitative estimate of drug-likeness (QED) is 0.745. The molecule has 1 rings (SSSR count). The van der Waals surface area contributed by atoms with Crippen molar-refractivity contribution in [1.29, 1.82) is 0 Å². The van der Waals surface area contributed by atoms with Gasteiger partial charge in [0.05, 0.1) is 13.1 Å². The number of hydrogen-bond donors (Lipinski definition) is 1. The minimum atomic E-state index is -0.278. The molecule has 1 aromatic rings. The van der Waals surface area contributed by atoms with E-state index in [1.165, 1.54) is 0 Å². The number of para-hydroxylation sites is 1. The Morgan fingerprint density at radius 2 is 1.79 bits per heavy atom. The molecule has 0 aliphatic heterocycles. The molecule has 0 saturated carbocycles. The minimum Gasteiger partial charge on any atom is -0.350 e. The molecular weight excluding hydrogens is 302 g/mol. The van der Waals surface area contributed by atoms with Crippen molar-refractivity contribution in [3.63, 3.8) is 0 Å². The summed E-state index contributed by atoms with van der Waals surface area (Å²) in [5.41, 5.74) is 0.553. The SMILES string of the molecule is C=CCN(C(=O)CN(CC)CC(=O)NC(C)(C)C)c1ccccc1. The molecule has 0 aliphatic rings. The van der Waals surface area contributed by atoms with Crippen LogP contribution in [0.25, 0.3) is 0 Å². The van der Waals surface area contributed by atoms with Crippen LogP contribution in [0, 0.1) is 0 Å². The number of anilines is 1. The molecule has 0 atom stereocenters. The van der Waals surface area contributed by atoms with Crippen LogP contribution in [-0.4, -0.2) is 48.4 Å². The van der Waals surface area contributed by atoms with Gasteiger partial charge in [-0.2, -0.15) is 0 Å². The highest BCUT2D eigenvalue weighted by atomic mass is 16.2. The van der Waals surface area contributed by atoms with Crippen molar-refractivity contribution in [2.75, 3.05) is 31.1 Å². The fraction of sp³-hybridized carbons (Fsp3) is 0.474. The second kappa shape index (κ2) is 9.23. The number of likely N-dealkylation sites (N-methyl/N-ethyl adjacent to an activating group) is 1. The second-order valence-corrected chi connectivity index (χ2v) is 6.73. The summed E-state index contributed by atoms with van der Waals surface area (Å²) in [6, 6.07) is 9.49. The summed E-state index contributed by atoms with van der Waals surface area (Å²) in [6.45, 7) is 12.9. The van der Waals surface area contributed by atoms with Crippen molar-refractivity contribution in [1.82, 2.24) is 10.2 Å². The number of hydrogen-bond acceptors (Lipinski definition) is 3. The van der Waals surface area contributed by atoms with E-state index in [1.54, 1.807) is 11.0 Å². The van der Waals surface area contributed by atoms with E-state index >= 15 is 0 Å². The Morgan fingerprint density at radius 3 is 2.29 bits per heavy atom. The summed E-state index contributed by atoms with van der Waals surface area (Å²) in [5.74, 6) is -0.126. The van der Waals surface area contributed by atoms with Gasteiger partial charge in [0.15, 0.2) is 0 Å². The average molecular weight is 331 g/mol. The number of nitrogens with one attached hydrogen (secondary N) is 1. The zero-order valence-corrected chi connectivity index (χ0v) is 15.2. The van der Waals surface area contributed by atoms with Crippen molar-refractivity contribution in [3.05, 3.63) is 43.0 Å². The first kappa shape index (κ1) is 19.9. The molecule has 5 heteroatoms. The average Bonchev–Trinajstić information content (AvgIpc) is 2.50. The number of carbonyl (C=O) groups is 2. The molecule has 132 valence electrons. The molecule has 0 unspecified atom stereocenters. The minimum absolute atomic E-state index is 0.0495. The maximum absolute atomic E-state index is 12.7. The first-order valence-corrected chi connectivity index (χ1v) is 8.26. The first-order valence-electron chi connectivity index (χ1n) is 8.26. The zero-order chi connectivity index (χ0) is 18.2. The van der Waals surface area contributed by atoms with Crippen LogP contribution in [0.5, 0.6) is 0 Å². The van der Waals surface area contributed by atoms with Crippen LogP contribution in [0.2, 0.25) is 0 Å². The van der Waals surface area contributed by atoms with E-state index in [1.807, 2.05) is 62.9 Å². The number of nitrogens with zero attached hydrogens (tertiary/aromatic N) is 2. The lowest BCUT2D eigenvalue weighted by atomic mass is 10.1. The van der Waals surface area contributed by atoms with Crippen LogP contribution >= 0.6 is 0 Å². The predicted octanol–water partition coefficient (Wildman–Crippen LogP) is 2.44. The van der Waals surface area contributed by atoms with Crippen LogP contribution in [0.15, 0.2) is 43.0 Å². The molecule has 0 saturated heterocycles. The van der Waals surface area contributed by atoms with Crippen molar-refractivity contribution in [2.24, 2.45) is 0 Å². The second-order valence-electron chi connectivity index (χ2n) is 6.73. The molecule has 0 spiro atoms. The lowest BCUT2D eigenvalue weighted by Crippen LogP contribution is -2.48. The third kappa shape index (κ3) is 6.96. The maximum atomic E-state index is 12.7. The van der Waals surface area contributed by atoms with Gasteiger partial charge in [-0.05, 0) is 39.4 Å². The molecule has 0 aliphatic carbocycles. The van der Waals surface area contributed by atoms with Crippen molar-refractivity contribution in [2.45, 2.75) is 33.2 Å². The van der Waals surface area contributed by atoms with E-state index in [0.29, 0.717) is 13.1 Å². The maximum Gasteiger partial charge on any atom is 0.241 e. The molecule has 1 aromatic carbocycles. The molecule has 0 bridgehead atoms. The summed E-state index contributed by atoms with van der Waals surface area (Å²) >= 11 is 0. The molecule has 0 aromatic heterocycles. The molecule has 5 nitrogen and oxygen atoms in total. The van der Waals surface area contributed by atoms with E-state index in [-0.39, 0.29) is 30.4 Å². The standard InChI is InChI=1S/C19H29N3O2/c1-6-13-22(16-11-9-8-10-12-16)18(24)15-21(7-2)14-17(23)20-19(3,4)5/h6,8-12H,1,7,13-15H2,2-5H3,(H,20,23). The molecular formula is C19H29N3O2. The van der Waals surface area contributed by atoms with Crippen LogP contribution < -0.4 is 10.2 Å². The van der Waals surface area contributed by atoms with Crippen LogP contribution in [0.1, 0.15) is 27.7 Å². The Morgan fingerprint density at radius 1 is 1.17 bits per heavy atom. The molecule has 1 N–H and O–H groups in total. The Balaban J connectivity index is 2.73. The first-order chi connectivity index (χ1) is 11.3. The van der Waals surface area contributed by atoms with Gasteiger partial charge >= 0.3 is 0 Å². The molecule has 0 heterocycles. The summed E-state index contributed by atoms with van der Waals surface area (Å²) in [5, 5.41) is 2.92. The van der Waals surface area contributed by atoms with Gasteiger partial charge in [-0.1, -0.05) is 31.2 Å². The molecule has 2 amide bonds. The Bertz CT molecular complexity index is 549. The summed E-state index contributed by atoms with van der Waals surface area (Å²) < 4.78 is 0. The van der Waals surface area contributed by atoms with Gasteiger partial charge in [-0.15, -0.1) is 6.58 Å². The van der Waals surface area contributed by atoms with E-state index in [9.17, 15) is 9.59 Å². The van der Waals surface area contributed by atoms with Gasteiger partial charge in [-0.25, -0.2) is 0 Å². The van der Waals surface area contributed by atoms with E-state index in [0.717, 1.165) is 5.69 Å². The summed E-state index contributed by atoms with van der Waals surface area (Å²) in [6.07, 6.45) is 1.70. The predicted molar refractivity (Wildman–Crippen MR) is 99.0 cm³/mol. The van der Waals surface area contributed by atoms with Gasteiger partial charge in [0, 0.05) is 17.8 Å². The van der Waals surface area contributed by atoms with Gasteiger partial charge < -0.3 is 10.2 Å². The monoisotopic (exact) mass is 331 g/mol. The number of rotatable bonds is 8. The lowest BCUT2D eigenvalue weighted by Gasteiger charge is -2.27. The van der Waals surface area contributed by atoms with Crippen LogP contribution in [-0.2, 0) is 9.59 Å². The number of benzene rings is 1. The smallest absolute Gasteiger partial charge is 0.241 e. The van der Waals surface area contributed by atoms with Gasteiger partial charge in [0.2, 0.25) is 11.8 Å². The highest BCUT2D eigenvalue weighted by Crippen LogP contribution is 2.13. The Labute approximate surface area is 145 Å². The van der Waals surface area contributed by atoms with Crippen molar-refractivity contribution < 1.29 is 9.59 Å². The summed E-state index contributed by atoms with van der Waals surface area (Å²) in [7, 11) is 0. The number of carbonyl (C=O) groups excluding carboxylic acids is 2. The highest BCUT2D eigenvalue weighted by molar-refractivity contribution is 5.95. The Kier molecular flexibility index (Phi) is 7.65. The van der Waals surface area contributed by atoms with Gasteiger partial charge in [0.1, 0.15) is 0 Å². The van der Waals surface area contributed by atoms with Crippen LogP contribution in [0.3, 0.4) is 0 Å².